The molecule has 0 aliphatic carbocycles. The van der Waals surface area contributed by atoms with Gasteiger partial charge in [0.05, 0.1) is 7.11 Å². The Labute approximate surface area is 141 Å². The Morgan fingerprint density at radius 2 is 1.96 bits per heavy atom. The van der Waals surface area contributed by atoms with E-state index < -0.39 is 0 Å². The Hall–Kier alpha value is -2.34. The largest absolute Gasteiger partial charge is 0.497 e. The van der Waals surface area contributed by atoms with Crippen molar-refractivity contribution in [2.24, 2.45) is 0 Å². The van der Waals surface area contributed by atoms with Crippen LogP contribution >= 0.6 is 15.9 Å². The van der Waals surface area contributed by atoms with Crippen LogP contribution in [0.4, 0.5) is 10.2 Å². The van der Waals surface area contributed by atoms with E-state index in [0.717, 1.165) is 11.3 Å². The Bertz CT molecular complexity index is 803. The summed E-state index contributed by atoms with van der Waals surface area (Å²) in [7, 11) is 1.62. The van der Waals surface area contributed by atoms with Gasteiger partial charge in [0.15, 0.2) is 11.6 Å². The highest BCUT2D eigenvalue weighted by Gasteiger charge is 2.08. The quantitative estimate of drug-likeness (QED) is 0.690. The zero-order chi connectivity index (χ0) is 16.2. The van der Waals surface area contributed by atoms with Crippen LogP contribution in [0.1, 0.15) is 5.56 Å². The lowest BCUT2D eigenvalue weighted by Crippen LogP contribution is -2.01. The molecule has 0 bridgehead atoms. The molecule has 3 rings (SSSR count). The second-order valence-corrected chi connectivity index (χ2v) is 5.81. The molecule has 0 amide bonds. The van der Waals surface area contributed by atoms with Crippen molar-refractivity contribution in [3.05, 3.63) is 64.4 Å². The molecule has 1 aromatic heterocycles. The van der Waals surface area contributed by atoms with Gasteiger partial charge in [-0.25, -0.2) is 4.39 Å². The Balaban J connectivity index is 1.69. The molecule has 4 nitrogen and oxygen atoms in total. The van der Waals surface area contributed by atoms with Crippen molar-refractivity contribution < 1.29 is 13.7 Å². The minimum atomic E-state index is -0.272. The van der Waals surface area contributed by atoms with Crippen molar-refractivity contribution in [2.45, 2.75) is 6.54 Å². The molecule has 3 aromatic rings. The molecule has 2 aromatic carbocycles. The van der Waals surface area contributed by atoms with Crippen LogP contribution in [0.3, 0.4) is 0 Å². The first kappa shape index (κ1) is 15.6. The SMILES string of the molecule is COc1ccc(-c2cc(NCc3ccc(Br)cc3F)no2)cc1. The molecule has 0 atom stereocenters. The number of rotatable bonds is 5. The molecule has 0 radical (unpaired) electrons. The number of hydrogen-bond donors (Lipinski definition) is 1. The van der Waals surface area contributed by atoms with Gasteiger partial charge in [-0.2, -0.15) is 0 Å². The first-order valence-corrected chi connectivity index (χ1v) is 7.74. The normalized spacial score (nSPS) is 10.6. The Kier molecular flexibility index (Phi) is 4.62. The van der Waals surface area contributed by atoms with E-state index in [4.69, 9.17) is 9.26 Å². The molecular formula is C17H14BrFN2O2. The van der Waals surface area contributed by atoms with Crippen LogP contribution in [0, 0.1) is 5.82 Å². The first-order chi connectivity index (χ1) is 11.2. The van der Waals surface area contributed by atoms with Gasteiger partial charge in [0.2, 0.25) is 0 Å². The lowest BCUT2D eigenvalue weighted by Gasteiger charge is -2.04. The number of hydrogen-bond acceptors (Lipinski definition) is 4. The summed E-state index contributed by atoms with van der Waals surface area (Å²) in [6, 6.07) is 14.2. The number of ether oxygens (including phenoxy) is 1. The maximum atomic E-state index is 13.8. The lowest BCUT2D eigenvalue weighted by atomic mass is 10.1. The third-order valence-electron chi connectivity index (χ3n) is 3.36. The minimum absolute atomic E-state index is 0.272. The second-order valence-electron chi connectivity index (χ2n) is 4.89. The lowest BCUT2D eigenvalue weighted by molar-refractivity contribution is 0.414. The number of methoxy groups -OCH3 is 1. The molecule has 1 heterocycles. The van der Waals surface area contributed by atoms with Gasteiger partial charge in [-0.1, -0.05) is 27.2 Å². The van der Waals surface area contributed by atoms with E-state index >= 15 is 0 Å². The molecule has 1 N–H and O–H groups in total. The zero-order valence-corrected chi connectivity index (χ0v) is 13.9. The minimum Gasteiger partial charge on any atom is -0.497 e. The molecule has 0 saturated heterocycles. The molecule has 0 aliphatic heterocycles. The van der Waals surface area contributed by atoms with Crippen molar-refractivity contribution in [1.82, 2.24) is 5.16 Å². The van der Waals surface area contributed by atoms with Gasteiger partial charge in [0.1, 0.15) is 11.6 Å². The number of nitrogens with zero attached hydrogens (tertiary/aromatic N) is 1. The molecule has 6 heteroatoms. The fourth-order valence-corrected chi connectivity index (χ4v) is 2.43. The number of aromatic nitrogens is 1. The number of nitrogens with one attached hydrogen (secondary N) is 1. The van der Waals surface area contributed by atoms with Crippen LogP contribution in [0.2, 0.25) is 0 Å². The Morgan fingerprint density at radius 3 is 2.65 bits per heavy atom. The predicted molar refractivity (Wildman–Crippen MR) is 89.9 cm³/mol. The van der Waals surface area contributed by atoms with Gasteiger partial charge in [-0.15, -0.1) is 0 Å². The topological polar surface area (TPSA) is 47.3 Å². The summed E-state index contributed by atoms with van der Waals surface area (Å²) in [4.78, 5) is 0. The van der Waals surface area contributed by atoms with Crippen LogP contribution < -0.4 is 10.1 Å². The molecule has 0 saturated carbocycles. The highest BCUT2D eigenvalue weighted by Crippen LogP contribution is 2.25. The number of benzene rings is 2. The molecule has 23 heavy (non-hydrogen) atoms. The summed E-state index contributed by atoms with van der Waals surface area (Å²) in [5, 5.41) is 7.00. The van der Waals surface area contributed by atoms with E-state index in [9.17, 15) is 4.39 Å². The standard InChI is InChI=1S/C17H14BrFN2O2/c1-22-14-6-3-11(4-7-14)16-9-17(21-23-16)20-10-12-2-5-13(18)8-15(12)19/h2-9H,10H2,1H3,(H,20,21). The van der Waals surface area contributed by atoms with Crippen molar-refractivity contribution >= 4 is 21.7 Å². The molecule has 0 unspecified atom stereocenters. The van der Waals surface area contributed by atoms with Gasteiger partial charge < -0.3 is 14.6 Å². The summed E-state index contributed by atoms with van der Waals surface area (Å²) in [5.41, 5.74) is 1.45. The highest BCUT2D eigenvalue weighted by molar-refractivity contribution is 9.10. The van der Waals surface area contributed by atoms with Crippen LogP contribution in [-0.2, 0) is 6.54 Å². The van der Waals surface area contributed by atoms with E-state index in [1.54, 1.807) is 25.3 Å². The second kappa shape index (κ2) is 6.83. The summed E-state index contributed by atoms with van der Waals surface area (Å²) in [5.74, 6) is 1.69. The maximum absolute atomic E-state index is 13.8. The van der Waals surface area contributed by atoms with Crippen LogP contribution in [-0.4, -0.2) is 12.3 Å². The smallest absolute Gasteiger partial charge is 0.170 e. The van der Waals surface area contributed by atoms with Crippen LogP contribution in [0.5, 0.6) is 5.75 Å². The fourth-order valence-electron chi connectivity index (χ4n) is 2.10. The van der Waals surface area contributed by atoms with E-state index in [0.29, 0.717) is 28.2 Å². The Morgan fingerprint density at radius 1 is 1.17 bits per heavy atom. The molecule has 118 valence electrons. The summed E-state index contributed by atoms with van der Waals surface area (Å²) in [6.45, 7) is 0.327. The highest BCUT2D eigenvalue weighted by atomic mass is 79.9. The molecule has 0 fully saturated rings. The van der Waals surface area contributed by atoms with Gasteiger partial charge in [-0.05, 0) is 36.4 Å². The fraction of sp³-hybridized carbons (Fsp3) is 0.118. The third kappa shape index (κ3) is 3.71. The van der Waals surface area contributed by atoms with Crippen molar-refractivity contribution in [1.29, 1.82) is 0 Å². The van der Waals surface area contributed by atoms with Gasteiger partial charge in [-0.3, -0.25) is 0 Å². The number of halogens is 2. The van der Waals surface area contributed by atoms with Crippen LogP contribution in [0.15, 0.2) is 57.5 Å². The van der Waals surface area contributed by atoms with Gasteiger partial charge in [0, 0.05) is 28.2 Å². The zero-order valence-electron chi connectivity index (χ0n) is 12.3. The van der Waals surface area contributed by atoms with Crippen molar-refractivity contribution in [3.8, 4) is 17.1 Å². The molecular weight excluding hydrogens is 363 g/mol. The maximum Gasteiger partial charge on any atom is 0.170 e. The monoisotopic (exact) mass is 376 g/mol. The average molecular weight is 377 g/mol. The average Bonchev–Trinajstić information content (AvgIpc) is 3.03. The van der Waals surface area contributed by atoms with E-state index in [-0.39, 0.29) is 5.82 Å². The summed E-state index contributed by atoms with van der Waals surface area (Å²) >= 11 is 3.24. The van der Waals surface area contributed by atoms with E-state index in [1.807, 2.05) is 24.3 Å². The van der Waals surface area contributed by atoms with Crippen molar-refractivity contribution in [3.63, 3.8) is 0 Å². The van der Waals surface area contributed by atoms with Crippen LogP contribution in [0.25, 0.3) is 11.3 Å². The van der Waals surface area contributed by atoms with Gasteiger partial charge in [0.25, 0.3) is 0 Å². The number of anilines is 1. The molecule has 0 aliphatic rings. The molecule has 0 spiro atoms. The third-order valence-corrected chi connectivity index (χ3v) is 3.85. The van der Waals surface area contributed by atoms with E-state index in [2.05, 4.69) is 26.4 Å². The first-order valence-electron chi connectivity index (χ1n) is 6.94. The van der Waals surface area contributed by atoms with Crippen molar-refractivity contribution in [2.75, 3.05) is 12.4 Å². The predicted octanol–water partition coefficient (Wildman–Crippen LogP) is 4.86. The van der Waals surface area contributed by atoms with E-state index in [1.165, 1.54) is 6.07 Å². The summed E-state index contributed by atoms with van der Waals surface area (Å²) in [6.07, 6.45) is 0. The van der Waals surface area contributed by atoms with Gasteiger partial charge >= 0.3 is 0 Å². The summed E-state index contributed by atoms with van der Waals surface area (Å²) < 4.78 is 24.9.